The Morgan fingerprint density at radius 3 is 2.57 bits per heavy atom. The van der Waals surface area contributed by atoms with Gasteiger partial charge >= 0.3 is 6.09 Å². The minimum absolute atomic E-state index is 0.0162. The Kier molecular flexibility index (Phi) is 7.64. The molecule has 1 aromatic carbocycles. The molecular weight excluding hydrogens is 548 g/mol. The van der Waals surface area contributed by atoms with Crippen molar-refractivity contribution < 1.29 is 27.8 Å². The van der Waals surface area contributed by atoms with Crippen molar-refractivity contribution in [2.45, 2.75) is 52.2 Å². The van der Waals surface area contributed by atoms with Crippen LogP contribution in [0.4, 0.5) is 13.6 Å². The molecule has 0 atom stereocenters. The largest absolute Gasteiger partial charge is 0.483 e. The van der Waals surface area contributed by atoms with Crippen LogP contribution in [0.25, 0.3) is 16.8 Å². The Balaban J connectivity index is 1.38. The smallest absolute Gasteiger partial charge is 0.410 e. The number of carbonyl (C=O) groups is 2. The fourth-order valence-corrected chi connectivity index (χ4v) is 4.92. The molecule has 4 aromatic rings. The third-order valence-corrected chi connectivity index (χ3v) is 6.95. The van der Waals surface area contributed by atoms with Crippen molar-refractivity contribution in [2.24, 2.45) is 0 Å². The number of pyridine rings is 1. The molecule has 0 bridgehead atoms. The summed E-state index contributed by atoms with van der Waals surface area (Å²) in [5, 5.41) is 22.6. The molecule has 0 N–H and O–H groups in total. The van der Waals surface area contributed by atoms with E-state index < -0.39 is 29.6 Å². The van der Waals surface area contributed by atoms with Crippen LogP contribution in [0.5, 0.6) is 5.75 Å². The first-order valence-corrected chi connectivity index (χ1v) is 13.4. The summed E-state index contributed by atoms with van der Waals surface area (Å²) < 4.78 is 42.0. The lowest BCUT2D eigenvalue weighted by molar-refractivity contribution is 0.0183. The molecule has 1 aliphatic rings. The van der Waals surface area contributed by atoms with E-state index in [1.165, 1.54) is 10.7 Å². The van der Waals surface area contributed by atoms with Gasteiger partial charge in [0.1, 0.15) is 45.8 Å². The first-order chi connectivity index (χ1) is 19.9. The van der Waals surface area contributed by atoms with Gasteiger partial charge in [-0.15, -0.1) is 5.10 Å². The summed E-state index contributed by atoms with van der Waals surface area (Å²) in [6.07, 6.45) is 4.05. The Bertz CT molecular complexity index is 1710. The minimum atomic E-state index is -0.992. The molecule has 0 aliphatic carbocycles. The standard InChI is InChI=1S/C29H29F2N7O4/c1-17-26(34-35-38(17)21-7-9-36(10-8-21)28(40)42-29(2,3)4)18-11-25(27-19(13-32)14-33-37(27)15-18)41-16-24(39)22-6-5-20(30)12-23(22)31/h5-6,11-12,14-15,21H,7-10,16H2,1-4H3. The van der Waals surface area contributed by atoms with Gasteiger partial charge in [-0.1, -0.05) is 5.21 Å². The van der Waals surface area contributed by atoms with E-state index in [9.17, 15) is 23.6 Å². The van der Waals surface area contributed by atoms with Crippen LogP contribution < -0.4 is 4.74 Å². The molecule has 11 nitrogen and oxygen atoms in total. The number of rotatable bonds is 6. The zero-order valence-corrected chi connectivity index (χ0v) is 23.6. The Morgan fingerprint density at radius 1 is 1.17 bits per heavy atom. The van der Waals surface area contributed by atoms with Gasteiger partial charge in [-0.3, -0.25) is 4.79 Å². The lowest BCUT2D eigenvalue weighted by Crippen LogP contribution is -2.42. The van der Waals surface area contributed by atoms with Crippen LogP contribution in [0.1, 0.15) is 61.3 Å². The van der Waals surface area contributed by atoms with E-state index in [1.807, 2.05) is 38.4 Å². The molecule has 0 saturated carbocycles. The van der Waals surface area contributed by atoms with Crippen molar-refractivity contribution in [1.29, 1.82) is 5.26 Å². The number of Topliss-reactive ketones (excluding diaryl/α,β-unsaturated/α-hetero) is 1. The minimum Gasteiger partial charge on any atom is -0.483 e. The lowest BCUT2D eigenvalue weighted by atomic mass is 10.0. The van der Waals surface area contributed by atoms with Crippen LogP contribution in [0.15, 0.2) is 36.7 Å². The average molecular weight is 578 g/mol. The third kappa shape index (κ3) is 5.79. The van der Waals surface area contributed by atoms with E-state index in [0.717, 1.165) is 17.8 Å². The van der Waals surface area contributed by atoms with Crippen molar-refractivity contribution >= 4 is 17.4 Å². The second kappa shape index (κ2) is 11.2. The predicted molar refractivity (Wildman–Crippen MR) is 146 cm³/mol. The summed E-state index contributed by atoms with van der Waals surface area (Å²) in [7, 11) is 0. The van der Waals surface area contributed by atoms with Gasteiger partial charge in [-0.2, -0.15) is 10.4 Å². The number of hydrogen-bond acceptors (Lipinski definition) is 8. The quantitative estimate of drug-likeness (QED) is 0.297. The predicted octanol–water partition coefficient (Wildman–Crippen LogP) is 4.88. The van der Waals surface area contributed by atoms with Crippen molar-refractivity contribution in [1.82, 2.24) is 29.5 Å². The van der Waals surface area contributed by atoms with Crippen molar-refractivity contribution in [2.75, 3.05) is 19.7 Å². The van der Waals surface area contributed by atoms with Crippen LogP contribution in [0, 0.1) is 29.9 Å². The Labute approximate surface area is 240 Å². The highest BCUT2D eigenvalue weighted by Gasteiger charge is 2.29. The summed E-state index contributed by atoms with van der Waals surface area (Å²) >= 11 is 0. The summed E-state index contributed by atoms with van der Waals surface area (Å²) in [5.41, 5.74) is 1.55. The number of benzene rings is 1. The third-order valence-electron chi connectivity index (χ3n) is 6.95. The molecule has 0 radical (unpaired) electrons. The van der Waals surface area contributed by atoms with E-state index in [0.29, 0.717) is 48.8 Å². The van der Waals surface area contributed by atoms with Crippen LogP contribution in [0.2, 0.25) is 0 Å². The number of nitriles is 1. The van der Waals surface area contributed by atoms with E-state index in [4.69, 9.17) is 9.47 Å². The topological polar surface area (TPSA) is 128 Å². The number of fused-ring (bicyclic) bond motifs is 1. The number of ether oxygens (including phenoxy) is 2. The highest BCUT2D eigenvalue weighted by atomic mass is 19.1. The summed E-state index contributed by atoms with van der Waals surface area (Å²) in [6.45, 7) is 7.86. The van der Waals surface area contributed by atoms with Crippen LogP contribution in [0.3, 0.4) is 0 Å². The monoisotopic (exact) mass is 577 g/mol. The number of piperidine rings is 1. The fraction of sp³-hybridized carbons (Fsp3) is 0.379. The molecule has 4 heterocycles. The van der Waals surface area contributed by atoms with Gasteiger partial charge in [0.15, 0.2) is 6.61 Å². The maximum Gasteiger partial charge on any atom is 0.410 e. The summed E-state index contributed by atoms with van der Waals surface area (Å²) in [6, 6.07) is 6.37. The van der Waals surface area contributed by atoms with E-state index in [-0.39, 0.29) is 29.0 Å². The molecule has 0 unspecified atom stereocenters. The average Bonchev–Trinajstić information content (AvgIpc) is 3.53. The van der Waals surface area contributed by atoms with Crippen LogP contribution >= 0.6 is 0 Å². The van der Waals surface area contributed by atoms with Crippen molar-refractivity contribution in [3.8, 4) is 23.1 Å². The zero-order chi connectivity index (χ0) is 30.2. The molecule has 218 valence electrons. The van der Waals surface area contributed by atoms with Gasteiger partial charge in [-0.25, -0.2) is 22.8 Å². The maximum absolute atomic E-state index is 14.1. The first kappa shape index (κ1) is 28.7. The van der Waals surface area contributed by atoms with Crippen LogP contribution in [-0.2, 0) is 4.74 Å². The van der Waals surface area contributed by atoms with Crippen molar-refractivity contribution in [3.05, 3.63) is 65.1 Å². The fourth-order valence-electron chi connectivity index (χ4n) is 4.92. The molecule has 5 rings (SSSR count). The summed E-state index contributed by atoms with van der Waals surface area (Å²) in [4.78, 5) is 26.8. The highest BCUT2D eigenvalue weighted by Crippen LogP contribution is 2.33. The van der Waals surface area contributed by atoms with Gasteiger partial charge in [-0.05, 0) is 58.7 Å². The molecule has 1 aliphatic heterocycles. The second-order valence-corrected chi connectivity index (χ2v) is 11.1. The number of hydrogen-bond donors (Lipinski definition) is 0. The SMILES string of the molecule is Cc1c(-c2cc(OCC(=O)c3ccc(F)cc3F)c3c(C#N)cnn3c2)nnn1C1CCN(C(=O)OC(C)(C)C)CC1. The Hall–Kier alpha value is -4.86. The van der Waals surface area contributed by atoms with Crippen molar-refractivity contribution in [3.63, 3.8) is 0 Å². The molecule has 1 saturated heterocycles. The van der Waals surface area contributed by atoms with Gasteiger partial charge in [0, 0.05) is 30.9 Å². The van der Waals surface area contributed by atoms with Gasteiger partial charge in [0.25, 0.3) is 0 Å². The zero-order valence-electron chi connectivity index (χ0n) is 23.6. The second-order valence-electron chi connectivity index (χ2n) is 11.1. The van der Waals surface area contributed by atoms with Crippen LogP contribution in [-0.4, -0.2) is 66.7 Å². The molecule has 1 amide bonds. The summed E-state index contributed by atoms with van der Waals surface area (Å²) in [5.74, 6) is -2.32. The lowest BCUT2D eigenvalue weighted by Gasteiger charge is -2.33. The number of likely N-dealkylation sites (tertiary alicyclic amines) is 1. The highest BCUT2D eigenvalue weighted by molar-refractivity contribution is 5.97. The van der Waals surface area contributed by atoms with Gasteiger partial charge in [0.05, 0.1) is 23.5 Å². The number of amides is 1. The normalized spacial score (nSPS) is 14.2. The number of ketones is 1. The number of carbonyl (C=O) groups excluding carboxylic acids is 2. The molecule has 1 fully saturated rings. The number of aromatic nitrogens is 5. The van der Waals surface area contributed by atoms with E-state index >= 15 is 0 Å². The molecule has 3 aromatic heterocycles. The number of halogens is 2. The Morgan fingerprint density at radius 2 is 1.90 bits per heavy atom. The van der Waals surface area contributed by atoms with Gasteiger partial charge in [0.2, 0.25) is 5.78 Å². The van der Waals surface area contributed by atoms with Gasteiger partial charge < -0.3 is 14.4 Å². The number of nitrogens with zero attached hydrogens (tertiary/aromatic N) is 7. The van der Waals surface area contributed by atoms with E-state index in [1.54, 1.807) is 17.2 Å². The molecule has 13 heteroatoms. The first-order valence-electron chi connectivity index (χ1n) is 13.4. The molecule has 0 spiro atoms. The maximum atomic E-state index is 14.1. The molecule has 42 heavy (non-hydrogen) atoms. The van der Waals surface area contributed by atoms with E-state index in [2.05, 4.69) is 15.4 Å². The molecular formula is C29H29F2N7O4.